The van der Waals surface area contributed by atoms with E-state index in [1.165, 1.54) is 32.3 Å². The fraction of sp³-hybridized carbons (Fsp3) is 0.158. The Hall–Kier alpha value is -2.99. The summed E-state index contributed by atoms with van der Waals surface area (Å²) in [5.74, 6) is -0.841. The Morgan fingerprint density at radius 1 is 1.19 bits per heavy atom. The molecule has 136 valence electrons. The number of methoxy groups -OCH3 is 1. The van der Waals surface area contributed by atoms with Crippen LogP contribution in [0.4, 0.5) is 5.69 Å². The van der Waals surface area contributed by atoms with Crippen LogP contribution in [0.15, 0.2) is 48.5 Å². The minimum absolute atomic E-state index is 0.000260. The highest BCUT2D eigenvalue weighted by atomic mass is 35.5. The van der Waals surface area contributed by atoms with Gasteiger partial charge in [-0.15, -0.1) is 0 Å². The predicted molar refractivity (Wildman–Crippen MR) is 99.3 cm³/mol. The number of rotatable bonds is 6. The van der Waals surface area contributed by atoms with Gasteiger partial charge in [0.1, 0.15) is 0 Å². The number of phenolic OH excluding ortho intramolecular Hbond substituents is 1. The van der Waals surface area contributed by atoms with Crippen LogP contribution >= 0.6 is 11.6 Å². The lowest BCUT2D eigenvalue weighted by molar-refractivity contribution is -0.148. The van der Waals surface area contributed by atoms with Crippen molar-refractivity contribution in [2.24, 2.45) is 0 Å². The average molecular weight is 376 g/mol. The molecule has 2 aromatic rings. The molecule has 2 aromatic carbocycles. The van der Waals surface area contributed by atoms with E-state index in [4.69, 9.17) is 21.1 Å². The van der Waals surface area contributed by atoms with Gasteiger partial charge in [0.2, 0.25) is 0 Å². The lowest BCUT2D eigenvalue weighted by Gasteiger charge is -2.12. The van der Waals surface area contributed by atoms with Gasteiger partial charge in [0.05, 0.1) is 7.11 Å². The highest BCUT2D eigenvalue weighted by Crippen LogP contribution is 2.26. The molecule has 0 radical (unpaired) electrons. The maximum absolute atomic E-state index is 12.0. The zero-order chi connectivity index (χ0) is 19.1. The molecule has 7 heteroatoms. The molecule has 2 N–H and O–H groups in total. The molecule has 26 heavy (non-hydrogen) atoms. The van der Waals surface area contributed by atoms with Crippen LogP contribution in [-0.2, 0) is 14.3 Å². The van der Waals surface area contributed by atoms with Gasteiger partial charge >= 0.3 is 5.97 Å². The first kappa shape index (κ1) is 19.3. The van der Waals surface area contributed by atoms with Crippen molar-refractivity contribution >= 4 is 35.2 Å². The zero-order valence-electron chi connectivity index (χ0n) is 14.2. The van der Waals surface area contributed by atoms with Crippen LogP contribution in [0, 0.1) is 0 Å². The highest BCUT2D eigenvalue weighted by Gasteiger charge is 2.16. The minimum Gasteiger partial charge on any atom is -0.504 e. The zero-order valence-corrected chi connectivity index (χ0v) is 15.0. The number of amides is 1. The Balaban J connectivity index is 1.91. The predicted octanol–water partition coefficient (Wildman–Crippen LogP) is 3.64. The molecular weight excluding hydrogens is 358 g/mol. The number of aromatic hydroxyl groups is 1. The summed E-state index contributed by atoms with van der Waals surface area (Å²) in [5.41, 5.74) is 1.18. The SMILES string of the molecule is COc1cc(/C=C/C(=O)OC(C)C(=O)Nc2ccc(Cl)cc2)ccc1O. The number of anilines is 1. The van der Waals surface area contributed by atoms with Crippen LogP contribution in [-0.4, -0.2) is 30.2 Å². The van der Waals surface area contributed by atoms with E-state index in [0.717, 1.165) is 0 Å². The minimum atomic E-state index is -0.975. The molecule has 6 nitrogen and oxygen atoms in total. The fourth-order valence-electron chi connectivity index (χ4n) is 2.01. The van der Waals surface area contributed by atoms with Crippen molar-refractivity contribution in [2.75, 3.05) is 12.4 Å². The second kappa shape index (κ2) is 8.92. The summed E-state index contributed by atoms with van der Waals surface area (Å²) in [5, 5.41) is 12.7. The fourth-order valence-corrected chi connectivity index (χ4v) is 2.13. The number of hydrogen-bond acceptors (Lipinski definition) is 5. The molecule has 1 amide bonds. The summed E-state index contributed by atoms with van der Waals surface area (Å²) >= 11 is 5.78. The smallest absolute Gasteiger partial charge is 0.331 e. The molecule has 0 bridgehead atoms. The van der Waals surface area contributed by atoms with Crippen molar-refractivity contribution in [1.29, 1.82) is 0 Å². The Morgan fingerprint density at radius 3 is 2.54 bits per heavy atom. The maximum Gasteiger partial charge on any atom is 0.331 e. The van der Waals surface area contributed by atoms with E-state index in [9.17, 15) is 14.7 Å². The van der Waals surface area contributed by atoms with Gasteiger partial charge in [-0.1, -0.05) is 17.7 Å². The van der Waals surface area contributed by atoms with Crippen molar-refractivity contribution in [1.82, 2.24) is 0 Å². The van der Waals surface area contributed by atoms with Crippen LogP contribution in [0.25, 0.3) is 6.08 Å². The molecule has 2 rings (SSSR count). The number of esters is 1. The molecule has 0 spiro atoms. The van der Waals surface area contributed by atoms with Crippen LogP contribution in [0.3, 0.4) is 0 Å². The lowest BCUT2D eigenvalue weighted by Crippen LogP contribution is -2.29. The Bertz CT molecular complexity index is 817. The molecule has 0 fully saturated rings. The first-order valence-corrected chi connectivity index (χ1v) is 8.09. The van der Waals surface area contributed by atoms with Gasteiger partial charge in [0.15, 0.2) is 17.6 Å². The van der Waals surface area contributed by atoms with Gasteiger partial charge < -0.3 is 19.9 Å². The summed E-state index contributed by atoms with van der Waals surface area (Å²) < 4.78 is 10.1. The topological polar surface area (TPSA) is 84.9 Å². The number of carbonyl (C=O) groups excluding carboxylic acids is 2. The molecule has 1 atom stereocenters. The van der Waals surface area contributed by atoms with E-state index in [0.29, 0.717) is 16.3 Å². The molecule has 1 unspecified atom stereocenters. The number of benzene rings is 2. The van der Waals surface area contributed by atoms with Crippen LogP contribution in [0.5, 0.6) is 11.5 Å². The maximum atomic E-state index is 12.0. The van der Waals surface area contributed by atoms with E-state index >= 15 is 0 Å². The largest absolute Gasteiger partial charge is 0.504 e. The molecule has 0 heterocycles. The average Bonchev–Trinajstić information content (AvgIpc) is 2.62. The highest BCUT2D eigenvalue weighted by molar-refractivity contribution is 6.30. The van der Waals surface area contributed by atoms with E-state index in [1.54, 1.807) is 36.4 Å². The van der Waals surface area contributed by atoms with Gasteiger partial charge in [-0.05, 0) is 55.0 Å². The standard InChI is InChI=1S/C19H18ClNO5/c1-12(19(24)21-15-7-5-14(20)6-8-15)26-18(23)10-4-13-3-9-16(22)17(11-13)25-2/h3-12,22H,1-2H3,(H,21,24)/b10-4+. The molecule has 0 aromatic heterocycles. The Morgan fingerprint density at radius 2 is 1.88 bits per heavy atom. The summed E-state index contributed by atoms with van der Waals surface area (Å²) in [6, 6.07) is 11.2. The summed E-state index contributed by atoms with van der Waals surface area (Å²) in [6.45, 7) is 1.47. The number of nitrogens with one attached hydrogen (secondary N) is 1. The third-order valence-electron chi connectivity index (χ3n) is 3.39. The number of halogens is 1. The number of phenols is 1. The lowest BCUT2D eigenvalue weighted by atomic mass is 10.2. The monoisotopic (exact) mass is 375 g/mol. The van der Waals surface area contributed by atoms with Crippen molar-refractivity contribution < 1.29 is 24.2 Å². The normalized spacial score (nSPS) is 11.8. The Labute approximate surface area is 156 Å². The Kier molecular flexibility index (Phi) is 6.63. The molecular formula is C19H18ClNO5. The van der Waals surface area contributed by atoms with Crippen molar-refractivity contribution in [3.8, 4) is 11.5 Å². The third kappa shape index (κ3) is 5.53. The summed E-state index contributed by atoms with van der Waals surface area (Å²) in [7, 11) is 1.43. The summed E-state index contributed by atoms with van der Waals surface area (Å²) in [4.78, 5) is 23.9. The van der Waals surface area contributed by atoms with Crippen LogP contribution in [0.2, 0.25) is 5.02 Å². The van der Waals surface area contributed by atoms with E-state index in [1.807, 2.05) is 0 Å². The number of hydrogen-bond donors (Lipinski definition) is 2. The quantitative estimate of drug-likeness (QED) is 0.594. The van der Waals surface area contributed by atoms with Gasteiger partial charge in [0.25, 0.3) is 5.91 Å². The second-order valence-corrected chi connectivity index (χ2v) is 5.78. The van der Waals surface area contributed by atoms with Crippen LogP contribution < -0.4 is 10.1 Å². The van der Waals surface area contributed by atoms with E-state index in [2.05, 4.69) is 5.32 Å². The molecule has 0 aliphatic carbocycles. The van der Waals surface area contributed by atoms with E-state index < -0.39 is 18.0 Å². The van der Waals surface area contributed by atoms with Gasteiger partial charge in [-0.3, -0.25) is 4.79 Å². The van der Waals surface area contributed by atoms with Gasteiger partial charge in [0, 0.05) is 16.8 Å². The molecule has 0 aliphatic heterocycles. The first-order chi connectivity index (χ1) is 12.4. The second-order valence-electron chi connectivity index (χ2n) is 5.34. The van der Waals surface area contributed by atoms with Crippen molar-refractivity contribution in [3.05, 3.63) is 59.1 Å². The van der Waals surface area contributed by atoms with Crippen molar-refractivity contribution in [3.63, 3.8) is 0 Å². The number of ether oxygens (including phenoxy) is 2. The van der Waals surface area contributed by atoms with Gasteiger partial charge in [-0.2, -0.15) is 0 Å². The first-order valence-electron chi connectivity index (χ1n) is 7.71. The molecule has 0 saturated heterocycles. The molecule has 0 aliphatic rings. The third-order valence-corrected chi connectivity index (χ3v) is 3.64. The molecule has 0 saturated carbocycles. The van der Waals surface area contributed by atoms with Crippen molar-refractivity contribution in [2.45, 2.75) is 13.0 Å². The van der Waals surface area contributed by atoms with Gasteiger partial charge in [-0.25, -0.2) is 4.79 Å². The van der Waals surface area contributed by atoms with E-state index in [-0.39, 0.29) is 11.5 Å². The van der Waals surface area contributed by atoms with Crippen LogP contribution in [0.1, 0.15) is 12.5 Å². The summed E-state index contributed by atoms with van der Waals surface area (Å²) in [6.07, 6.45) is 1.71. The number of carbonyl (C=O) groups is 2.